The number of hydrogen-bond acceptors (Lipinski definition) is 5. The van der Waals surface area contributed by atoms with Crippen LogP contribution in [0.15, 0.2) is 47.2 Å². The molecule has 0 aliphatic heterocycles. The third-order valence-corrected chi connectivity index (χ3v) is 5.62. The molecule has 0 spiro atoms. The molecule has 0 radical (unpaired) electrons. The van der Waals surface area contributed by atoms with E-state index in [1.807, 2.05) is 55.6 Å². The van der Waals surface area contributed by atoms with Crippen LogP contribution < -0.4 is 4.72 Å². The average Bonchev–Trinajstić information content (AvgIpc) is 3.20. The van der Waals surface area contributed by atoms with E-state index in [4.69, 9.17) is 0 Å². The number of benzene rings is 1. The highest BCUT2D eigenvalue weighted by Crippen LogP contribution is 2.17. The highest BCUT2D eigenvalue weighted by molar-refractivity contribution is 7.92. The van der Waals surface area contributed by atoms with Gasteiger partial charge in [0.2, 0.25) is 15.2 Å². The fraction of sp³-hybridized carbons (Fsp3) is 0.222. The van der Waals surface area contributed by atoms with Crippen molar-refractivity contribution in [1.29, 1.82) is 0 Å². The molecule has 0 fully saturated rings. The monoisotopic (exact) mass is 388 g/mol. The molecule has 3 rings (SSSR count). The van der Waals surface area contributed by atoms with Crippen LogP contribution in [0.3, 0.4) is 0 Å². The first-order chi connectivity index (χ1) is 12.4. The average molecular weight is 389 g/mol. The molecule has 3 aromatic rings. The van der Waals surface area contributed by atoms with Gasteiger partial charge in [0, 0.05) is 29.4 Å². The van der Waals surface area contributed by atoms with Crippen LogP contribution in [-0.2, 0) is 16.4 Å². The van der Waals surface area contributed by atoms with E-state index < -0.39 is 10.0 Å². The van der Waals surface area contributed by atoms with E-state index in [1.165, 1.54) is 16.7 Å². The maximum Gasteiger partial charge on any atom is 0.233 e. The molecule has 1 N–H and O–H groups in total. The molecule has 0 aliphatic carbocycles. The Bertz CT molecular complexity index is 1010. The Morgan fingerprint density at radius 2 is 2.00 bits per heavy atom. The van der Waals surface area contributed by atoms with Gasteiger partial charge in [0.15, 0.2) is 0 Å². The summed E-state index contributed by atoms with van der Waals surface area (Å²) in [6.07, 6.45) is 2.10. The topological polar surface area (TPSA) is 76.9 Å². The molecule has 2 heterocycles. The zero-order valence-corrected chi connectivity index (χ0v) is 16.2. The van der Waals surface area contributed by atoms with Crippen molar-refractivity contribution in [2.75, 3.05) is 6.54 Å². The molecule has 136 valence electrons. The van der Waals surface area contributed by atoms with Gasteiger partial charge in [-0.25, -0.2) is 22.8 Å². The van der Waals surface area contributed by atoms with Gasteiger partial charge in [0.1, 0.15) is 0 Å². The number of nitrogens with one attached hydrogen (secondary N) is 1. The Morgan fingerprint density at radius 3 is 2.69 bits per heavy atom. The summed E-state index contributed by atoms with van der Waals surface area (Å²) in [6.45, 7) is 4.21. The minimum absolute atomic E-state index is 0.293. The Morgan fingerprint density at radius 1 is 1.23 bits per heavy atom. The quantitative estimate of drug-likeness (QED) is 0.675. The van der Waals surface area contributed by atoms with Gasteiger partial charge in [-0.05, 0) is 31.6 Å². The molecule has 6 nitrogen and oxygen atoms in total. The van der Waals surface area contributed by atoms with Gasteiger partial charge in [-0.3, -0.25) is 0 Å². The molecule has 0 unspecified atom stereocenters. The number of hydrogen-bond donors (Lipinski definition) is 1. The van der Waals surface area contributed by atoms with Crippen LogP contribution in [-0.4, -0.2) is 29.7 Å². The highest BCUT2D eigenvalue weighted by Gasteiger charge is 2.10. The van der Waals surface area contributed by atoms with Crippen LogP contribution in [0.1, 0.15) is 22.6 Å². The van der Waals surface area contributed by atoms with Crippen molar-refractivity contribution < 1.29 is 8.42 Å². The van der Waals surface area contributed by atoms with Gasteiger partial charge < -0.3 is 0 Å². The van der Waals surface area contributed by atoms with Gasteiger partial charge >= 0.3 is 0 Å². The molecule has 2 aromatic heterocycles. The number of nitrogens with zero attached hydrogens (tertiary/aromatic N) is 3. The Balaban J connectivity index is 1.56. The summed E-state index contributed by atoms with van der Waals surface area (Å²) in [5.41, 5.74) is 3.64. The Hall–Kier alpha value is -2.29. The predicted octanol–water partition coefficient (Wildman–Crippen LogP) is 3.08. The summed E-state index contributed by atoms with van der Waals surface area (Å²) in [5.74, 6) is 0. The SMILES string of the molecule is Cc1cc(C)n(-c2nc(CCNS(=O)(=O)C=Cc3ccccc3)cs2)n1. The molecular formula is C18H20N4O2S2. The second-order valence-electron chi connectivity index (χ2n) is 5.86. The predicted molar refractivity (Wildman–Crippen MR) is 105 cm³/mol. The molecule has 0 bridgehead atoms. The third kappa shape index (κ3) is 4.87. The smallest absolute Gasteiger partial charge is 0.223 e. The van der Waals surface area contributed by atoms with E-state index in [1.54, 1.807) is 10.8 Å². The minimum atomic E-state index is -3.47. The third-order valence-electron chi connectivity index (χ3n) is 3.65. The second kappa shape index (κ2) is 7.94. The summed E-state index contributed by atoms with van der Waals surface area (Å²) in [6, 6.07) is 11.3. The van der Waals surface area contributed by atoms with Crippen molar-refractivity contribution in [1.82, 2.24) is 19.5 Å². The lowest BCUT2D eigenvalue weighted by molar-refractivity contribution is 0.590. The van der Waals surface area contributed by atoms with Crippen molar-refractivity contribution >= 4 is 27.4 Å². The summed E-state index contributed by atoms with van der Waals surface area (Å²) in [5, 5.41) is 8.32. The van der Waals surface area contributed by atoms with Crippen LogP contribution in [0.5, 0.6) is 0 Å². The van der Waals surface area contributed by atoms with Crippen molar-refractivity contribution in [3.8, 4) is 5.13 Å². The summed E-state index contributed by atoms with van der Waals surface area (Å²) >= 11 is 1.49. The number of thiazole rings is 1. The lowest BCUT2D eigenvalue weighted by atomic mass is 10.2. The molecule has 0 aliphatic rings. The largest absolute Gasteiger partial charge is 0.233 e. The van der Waals surface area contributed by atoms with Gasteiger partial charge in [0.05, 0.1) is 11.4 Å². The lowest BCUT2D eigenvalue weighted by Crippen LogP contribution is -2.23. The number of aromatic nitrogens is 3. The van der Waals surface area contributed by atoms with Crippen LogP contribution in [0.25, 0.3) is 11.2 Å². The van der Waals surface area contributed by atoms with E-state index in [2.05, 4.69) is 14.8 Å². The van der Waals surface area contributed by atoms with Gasteiger partial charge in [0.25, 0.3) is 0 Å². The molecule has 8 heteroatoms. The molecule has 26 heavy (non-hydrogen) atoms. The molecule has 0 atom stereocenters. The molecular weight excluding hydrogens is 368 g/mol. The first-order valence-electron chi connectivity index (χ1n) is 8.14. The Labute approximate surface area is 157 Å². The van der Waals surface area contributed by atoms with Crippen LogP contribution in [0, 0.1) is 13.8 Å². The molecule has 1 aromatic carbocycles. The van der Waals surface area contributed by atoms with E-state index in [0.29, 0.717) is 13.0 Å². The summed E-state index contributed by atoms with van der Waals surface area (Å²) in [4.78, 5) is 4.53. The first-order valence-corrected chi connectivity index (χ1v) is 10.6. The van der Waals surface area contributed by atoms with Gasteiger partial charge in [-0.1, -0.05) is 30.3 Å². The maximum absolute atomic E-state index is 12.0. The van der Waals surface area contributed by atoms with Gasteiger partial charge in [-0.15, -0.1) is 11.3 Å². The highest BCUT2D eigenvalue weighted by atomic mass is 32.2. The van der Waals surface area contributed by atoms with E-state index in [-0.39, 0.29) is 0 Å². The van der Waals surface area contributed by atoms with Crippen molar-refractivity contribution in [3.05, 3.63) is 69.8 Å². The van der Waals surface area contributed by atoms with Crippen LogP contribution in [0.4, 0.5) is 0 Å². The van der Waals surface area contributed by atoms with E-state index in [0.717, 1.165) is 27.8 Å². The van der Waals surface area contributed by atoms with E-state index >= 15 is 0 Å². The Kier molecular flexibility index (Phi) is 5.65. The van der Waals surface area contributed by atoms with Crippen LogP contribution >= 0.6 is 11.3 Å². The van der Waals surface area contributed by atoms with Crippen LogP contribution in [0.2, 0.25) is 0 Å². The minimum Gasteiger partial charge on any atom is -0.223 e. The van der Waals surface area contributed by atoms with Crippen molar-refractivity contribution in [3.63, 3.8) is 0 Å². The van der Waals surface area contributed by atoms with Gasteiger partial charge in [-0.2, -0.15) is 5.10 Å². The molecule has 0 amide bonds. The lowest BCUT2D eigenvalue weighted by Gasteiger charge is -2.01. The summed E-state index contributed by atoms with van der Waals surface area (Å²) in [7, 11) is -3.47. The zero-order valence-electron chi connectivity index (χ0n) is 14.6. The standard InChI is InChI=1S/C18H20N4O2S2/c1-14-12-15(2)22(21-14)18-20-17(13-25-18)8-10-19-26(23,24)11-9-16-6-4-3-5-7-16/h3-7,9,11-13,19H,8,10H2,1-2H3. The second-order valence-corrected chi connectivity index (χ2v) is 8.35. The van der Waals surface area contributed by atoms with E-state index in [9.17, 15) is 8.42 Å². The fourth-order valence-corrected chi connectivity index (χ4v) is 4.12. The first kappa shape index (κ1) is 18.5. The van der Waals surface area contributed by atoms with Crippen molar-refractivity contribution in [2.45, 2.75) is 20.3 Å². The normalized spacial score (nSPS) is 12.1. The zero-order chi connectivity index (χ0) is 18.6. The number of rotatable bonds is 7. The molecule has 0 saturated carbocycles. The molecule has 0 saturated heterocycles. The maximum atomic E-state index is 12.0. The number of aryl methyl sites for hydroxylation is 2. The number of sulfonamides is 1. The van der Waals surface area contributed by atoms with Crippen molar-refractivity contribution in [2.24, 2.45) is 0 Å². The summed E-state index contributed by atoms with van der Waals surface area (Å²) < 4.78 is 28.4. The fourth-order valence-electron chi connectivity index (χ4n) is 2.43.